The molecule has 5 nitrogen and oxygen atoms in total. The van der Waals surface area contributed by atoms with Crippen molar-refractivity contribution in [1.29, 1.82) is 0 Å². The van der Waals surface area contributed by atoms with Crippen molar-refractivity contribution in [2.45, 2.75) is 37.4 Å². The molecule has 2 heterocycles. The van der Waals surface area contributed by atoms with Gasteiger partial charge in [-0.15, -0.1) is 0 Å². The second kappa shape index (κ2) is 6.41. The SMILES string of the molecule is C[C@@H](CO)NC1=NC(=O)C2(CCc3ccccc32)c2nc(C(F)(F)F)ccc21. The van der Waals surface area contributed by atoms with Crippen molar-refractivity contribution >= 4 is 11.7 Å². The molecule has 2 aliphatic rings. The lowest BCUT2D eigenvalue weighted by atomic mass is 9.74. The van der Waals surface area contributed by atoms with Gasteiger partial charge in [0.2, 0.25) is 0 Å². The Bertz CT molecular complexity index is 987. The highest BCUT2D eigenvalue weighted by atomic mass is 19.4. The monoisotopic (exact) mass is 389 g/mol. The first kappa shape index (κ1) is 18.6. The minimum absolute atomic E-state index is 0.0694. The van der Waals surface area contributed by atoms with Crippen molar-refractivity contribution in [1.82, 2.24) is 10.3 Å². The summed E-state index contributed by atoms with van der Waals surface area (Å²) in [5, 5.41) is 12.2. The summed E-state index contributed by atoms with van der Waals surface area (Å²) in [6.07, 6.45) is -3.75. The normalized spacial score (nSPS) is 21.9. The number of aryl methyl sites for hydroxylation is 1. The number of alkyl halides is 3. The summed E-state index contributed by atoms with van der Waals surface area (Å²) in [6, 6.07) is 9.00. The molecule has 1 aromatic heterocycles. The fourth-order valence-corrected chi connectivity index (χ4v) is 3.96. The molecule has 146 valence electrons. The summed E-state index contributed by atoms with van der Waals surface area (Å²) >= 11 is 0. The number of benzene rings is 1. The van der Waals surface area contributed by atoms with Crippen LogP contribution in [-0.2, 0) is 22.8 Å². The van der Waals surface area contributed by atoms with Gasteiger partial charge in [0.05, 0.1) is 12.3 Å². The van der Waals surface area contributed by atoms with E-state index in [-0.39, 0.29) is 18.1 Å². The maximum absolute atomic E-state index is 13.4. The summed E-state index contributed by atoms with van der Waals surface area (Å²) in [4.78, 5) is 21.3. The van der Waals surface area contributed by atoms with Gasteiger partial charge < -0.3 is 10.4 Å². The van der Waals surface area contributed by atoms with Crippen LogP contribution in [0.1, 0.15) is 41.4 Å². The summed E-state index contributed by atoms with van der Waals surface area (Å²) in [5.74, 6) is -0.401. The number of hydrogen-bond acceptors (Lipinski definition) is 4. The first-order chi connectivity index (χ1) is 13.3. The second-order valence-electron chi connectivity index (χ2n) is 7.15. The topological polar surface area (TPSA) is 74.6 Å². The zero-order valence-corrected chi connectivity index (χ0v) is 15.0. The average molecular weight is 389 g/mol. The largest absolute Gasteiger partial charge is 0.433 e. The third kappa shape index (κ3) is 2.71. The van der Waals surface area contributed by atoms with Gasteiger partial charge in [0.15, 0.2) is 0 Å². The zero-order chi connectivity index (χ0) is 20.1. The Kier molecular flexibility index (Phi) is 4.26. The van der Waals surface area contributed by atoms with E-state index in [1.165, 1.54) is 6.07 Å². The smallest absolute Gasteiger partial charge is 0.394 e. The lowest BCUT2D eigenvalue weighted by Crippen LogP contribution is -2.46. The third-order valence-electron chi connectivity index (χ3n) is 5.33. The third-order valence-corrected chi connectivity index (χ3v) is 5.33. The van der Waals surface area contributed by atoms with Crippen molar-refractivity contribution in [2.75, 3.05) is 6.61 Å². The molecule has 0 bridgehead atoms. The van der Waals surface area contributed by atoms with Gasteiger partial charge in [0.25, 0.3) is 5.91 Å². The Morgan fingerprint density at radius 1 is 1.25 bits per heavy atom. The summed E-state index contributed by atoms with van der Waals surface area (Å²) < 4.78 is 40.1. The molecular weight excluding hydrogens is 371 g/mol. The van der Waals surface area contributed by atoms with Crippen LogP contribution in [0.15, 0.2) is 41.4 Å². The Balaban J connectivity index is 1.96. The van der Waals surface area contributed by atoms with Crippen LogP contribution in [0.3, 0.4) is 0 Å². The van der Waals surface area contributed by atoms with E-state index >= 15 is 0 Å². The van der Waals surface area contributed by atoms with Gasteiger partial charge in [-0.2, -0.15) is 18.2 Å². The van der Waals surface area contributed by atoms with Gasteiger partial charge in [0.1, 0.15) is 16.9 Å². The number of carbonyl (C=O) groups is 1. The number of rotatable bonds is 2. The number of aliphatic hydroxyl groups excluding tert-OH is 1. The van der Waals surface area contributed by atoms with Gasteiger partial charge in [-0.1, -0.05) is 24.3 Å². The van der Waals surface area contributed by atoms with Crippen LogP contribution in [0.2, 0.25) is 0 Å². The van der Waals surface area contributed by atoms with Crippen molar-refractivity contribution < 1.29 is 23.1 Å². The van der Waals surface area contributed by atoms with Crippen LogP contribution < -0.4 is 5.32 Å². The van der Waals surface area contributed by atoms with Crippen LogP contribution in [0.5, 0.6) is 0 Å². The van der Waals surface area contributed by atoms with E-state index in [2.05, 4.69) is 15.3 Å². The van der Waals surface area contributed by atoms with Crippen LogP contribution in [-0.4, -0.2) is 34.5 Å². The van der Waals surface area contributed by atoms with E-state index in [0.717, 1.165) is 11.6 Å². The van der Waals surface area contributed by atoms with Gasteiger partial charge in [-0.25, -0.2) is 4.98 Å². The molecule has 1 spiro atoms. The Hall–Kier alpha value is -2.74. The lowest BCUT2D eigenvalue weighted by molar-refractivity contribution is -0.141. The fraction of sp³-hybridized carbons (Fsp3) is 0.350. The van der Waals surface area contributed by atoms with E-state index in [0.29, 0.717) is 24.0 Å². The molecule has 0 saturated heterocycles. The van der Waals surface area contributed by atoms with Gasteiger partial charge in [-0.3, -0.25) is 4.79 Å². The van der Waals surface area contributed by atoms with Gasteiger partial charge in [-0.05, 0) is 43.0 Å². The standard InChI is InChI=1S/C20H18F3N3O2/c1-11(10-27)24-17-13-6-7-15(20(21,22)23)25-16(13)19(18(28)26-17)9-8-12-4-2-3-5-14(12)19/h2-7,11,27H,8-10H2,1H3,(H,24,26,28)/t11-,19?/m0/s1. The number of halogens is 3. The highest BCUT2D eigenvalue weighted by Crippen LogP contribution is 2.48. The van der Waals surface area contributed by atoms with Crippen molar-refractivity contribution in [2.24, 2.45) is 4.99 Å². The number of aromatic nitrogens is 1. The minimum atomic E-state index is -4.63. The molecule has 0 radical (unpaired) electrons. The first-order valence-corrected chi connectivity index (χ1v) is 8.95. The maximum Gasteiger partial charge on any atom is 0.433 e. The Labute approximate surface area is 159 Å². The number of carbonyl (C=O) groups excluding carboxylic acids is 1. The van der Waals surface area contributed by atoms with Crippen LogP contribution in [0.25, 0.3) is 0 Å². The number of amidine groups is 1. The van der Waals surface area contributed by atoms with E-state index in [4.69, 9.17) is 0 Å². The highest BCUT2D eigenvalue weighted by Gasteiger charge is 2.52. The van der Waals surface area contributed by atoms with Gasteiger partial charge in [0, 0.05) is 11.6 Å². The van der Waals surface area contributed by atoms with E-state index in [1.807, 2.05) is 12.1 Å². The maximum atomic E-state index is 13.4. The van der Waals surface area contributed by atoms with Crippen molar-refractivity contribution in [3.8, 4) is 0 Å². The molecule has 1 aromatic carbocycles. The molecule has 0 fully saturated rings. The number of nitrogens with zero attached hydrogens (tertiary/aromatic N) is 2. The van der Waals surface area contributed by atoms with E-state index in [1.54, 1.807) is 19.1 Å². The predicted molar refractivity (Wildman–Crippen MR) is 96.0 cm³/mol. The highest BCUT2D eigenvalue weighted by molar-refractivity contribution is 6.13. The van der Waals surface area contributed by atoms with E-state index in [9.17, 15) is 23.1 Å². The molecule has 0 saturated carbocycles. The second-order valence-corrected chi connectivity index (χ2v) is 7.15. The molecule has 1 aliphatic heterocycles. The molecular formula is C20H18F3N3O2. The van der Waals surface area contributed by atoms with Crippen LogP contribution in [0.4, 0.5) is 13.2 Å². The van der Waals surface area contributed by atoms with E-state index < -0.39 is 29.2 Å². The average Bonchev–Trinajstić information content (AvgIpc) is 3.05. The predicted octanol–water partition coefficient (Wildman–Crippen LogP) is 2.59. The summed E-state index contributed by atoms with van der Waals surface area (Å²) in [5.41, 5.74) is -0.368. The van der Waals surface area contributed by atoms with Crippen LogP contribution in [0, 0.1) is 0 Å². The molecule has 2 aromatic rings. The Morgan fingerprint density at radius 2 is 2.00 bits per heavy atom. The van der Waals surface area contributed by atoms with Crippen molar-refractivity contribution in [3.63, 3.8) is 0 Å². The molecule has 4 rings (SSSR count). The summed E-state index contributed by atoms with van der Waals surface area (Å²) in [6.45, 7) is 1.46. The number of fused-ring (bicyclic) bond motifs is 4. The molecule has 1 aliphatic carbocycles. The molecule has 8 heteroatoms. The molecule has 1 amide bonds. The number of aliphatic hydroxyl groups is 1. The number of nitrogens with one attached hydrogen (secondary N) is 1. The van der Waals surface area contributed by atoms with Gasteiger partial charge >= 0.3 is 6.18 Å². The number of amides is 1. The van der Waals surface area contributed by atoms with Crippen LogP contribution >= 0.6 is 0 Å². The Morgan fingerprint density at radius 3 is 2.71 bits per heavy atom. The lowest BCUT2D eigenvalue weighted by Gasteiger charge is -2.33. The summed E-state index contributed by atoms with van der Waals surface area (Å²) in [7, 11) is 0. The van der Waals surface area contributed by atoms with Crippen molar-refractivity contribution in [3.05, 3.63) is 64.5 Å². The zero-order valence-electron chi connectivity index (χ0n) is 15.0. The molecule has 2 N–H and O–H groups in total. The first-order valence-electron chi connectivity index (χ1n) is 8.95. The quantitative estimate of drug-likeness (QED) is 0.828. The molecule has 28 heavy (non-hydrogen) atoms. The number of pyridine rings is 1. The number of hydrogen-bond donors (Lipinski definition) is 2. The molecule has 1 unspecified atom stereocenters. The number of aliphatic imine (C=N–C) groups is 1. The fourth-order valence-electron chi connectivity index (χ4n) is 3.96. The minimum Gasteiger partial charge on any atom is -0.394 e. The molecule has 2 atom stereocenters.